The molecule has 138 valence electrons. The lowest BCUT2D eigenvalue weighted by Gasteiger charge is -2.15. The van der Waals surface area contributed by atoms with E-state index < -0.39 is 35.5 Å². The molecule has 0 unspecified atom stereocenters. The Hall–Kier alpha value is -2.61. The maximum atomic E-state index is 13.0. The van der Waals surface area contributed by atoms with E-state index in [-0.39, 0.29) is 16.3 Å². The molecule has 0 saturated carbocycles. The first-order chi connectivity index (χ1) is 12.1. The number of alkyl halides is 3. The number of amides is 1. The molecule has 0 bridgehead atoms. The van der Waals surface area contributed by atoms with Crippen molar-refractivity contribution >= 4 is 29.2 Å². The smallest absolute Gasteiger partial charge is 0.416 e. The molecule has 0 heterocycles. The summed E-state index contributed by atoms with van der Waals surface area (Å²) >= 11 is 5.73. The van der Waals surface area contributed by atoms with Gasteiger partial charge in [-0.1, -0.05) is 17.7 Å². The van der Waals surface area contributed by atoms with Crippen molar-refractivity contribution in [3.8, 4) is 0 Å². The molecule has 2 aromatic carbocycles. The maximum absolute atomic E-state index is 13.0. The predicted molar refractivity (Wildman–Crippen MR) is 86.4 cm³/mol. The quantitative estimate of drug-likeness (QED) is 0.610. The molecule has 1 atom stereocenters. The minimum atomic E-state index is -4.56. The highest BCUT2D eigenvalue weighted by Crippen LogP contribution is 2.30. The summed E-state index contributed by atoms with van der Waals surface area (Å²) in [7, 11) is 0. The zero-order valence-corrected chi connectivity index (χ0v) is 14.0. The molecule has 2 rings (SSSR count). The van der Waals surface area contributed by atoms with Crippen LogP contribution in [0.2, 0.25) is 5.02 Å². The number of hydrogen-bond acceptors (Lipinski definition) is 3. The Morgan fingerprint density at radius 1 is 1.15 bits per heavy atom. The largest absolute Gasteiger partial charge is 0.449 e. The van der Waals surface area contributed by atoms with Gasteiger partial charge in [0.2, 0.25) is 0 Å². The monoisotopic (exact) mass is 389 g/mol. The topological polar surface area (TPSA) is 55.4 Å². The van der Waals surface area contributed by atoms with Crippen LogP contribution < -0.4 is 5.32 Å². The fourth-order valence-electron chi connectivity index (χ4n) is 1.95. The lowest BCUT2D eigenvalue weighted by molar-refractivity contribution is -0.137. The molecule has 0 aromatic heterocycles. The summed E-state index contributed by atoms with van der Waals surface area (Å²) in [6.07, 6.45) is -5.88. The standard InChI is InChI=1S/C17H12ClF4NO3/c1-9(26-16(25)13-6-5-11(19)8-14(13)18)15(24)23-12-4-2-3-10(7-12)17(20,21)22/h2-9H,1H3,(H,23,24)/t9-/m1/s1. The van der Waals surface area contributed by atoms with Gasteiger partial charge in [0.05, 0.1) is 16.1 Å². The second-order valence-electron chi connectivity index (χ2n) is 5.24. The van der Waals surface area contributed by atoms with Gasteiger partial charge in [-0.05, 0) is 43.3 Å². The molecule has 0 aliphatic rings. The minimum absolute atomic E-state index is 0.104. The van der Waals surface area contributed by atoms with Gasteiger partial charge >= 0.3 is 12.1 Å². The summed E-state index contributed by atoms with van der Waals surface area (Å²) in [6.45, 7) is 1.23. The van der Waals surface area contributed by atoms with Crippen molar-refractivity contribution in [3.05, 3.63) is 64.4 Å². The lowest BCUT2D eigenvalue weighted by atomic mass is 10.2. The highest BCUT2D eigenvalue weighted by molar-refractivity contribution is 6.33. The molecular weight excluding hydrogens is 378 g/mol. The molecule has 0 radical (unpaired) electrons. The van der Waals surface area contributed by atoms with E-state index in [1.165, 1.54) is 13.0 Å². The van der Waals surface area contributed by atoms with Gasteiger partial charge < -0.3 is 10.1 Å². The van der Waals surface area contributed by atoms with Crippen molar-refractivity contribution < 1.29 is 31.9 Å². The third-order valence-electron chi connectivity index (χ3n) is 3.26. The summed E-state index contributed by atoms with van der Waals surface area (Å²) in [5.74, 6) is -2.46. The molecule has 2 aromatic rings. The second kappa shape index (κ2) is 7.74. The van der Waals surface area contributed by atoms with Crippen molar-refractivity contribution in [2.45, 2.75) is 19.2 Å². The van der Waals surface area contributed by atoms with E-state index in [4.69, 9.17) is 16.3 Å². The fourth-order valence-corrected chi connectivity index (χ4v) is 2.19. The molecule has 0 aliphatic carbocycles. The van der Waals surface area contributed by atoms with Crippen molar-refractivity contribution in [2.24, 2.45) is 0 Å². The molecule has 0 aliphatic heterocycles. The van der Waals surface area contributed by atoms with Gasteiger partial charge in [0.15, 0.2) is 6.10 Å². The Morgan fingerprint density at radius 2 is 1.85 bits per heavy atom. The van der Waals surface area contributed by atoms with Crippen LogP contribution in [-0.2, 0) is 15.7 Å². The molecule has 0 saturated heterocycles. The first kappa shape index (κ1) is 19.7. The van der Waals surface area contributed by atoms with Gasteiger partial charge in [-0.3, -0.25) is 4.79 Å². The first-order valence-electron chi connectivity index (χ1n) is 7.22. The van der Waals surface area contributed by atoms with Crippen molar-refractivity contribution in [2.75, 3.05) is 5.32 Å². The van der Waals surface area contributed by atoms with Crippen LogP contribution >= 0.6 is 11.6 Å². The number of hydrogen-bond donors (Lipinski definition) is 1. The van der Waals surface area contributed by atoms with E-state index in [1.807, 2.05) is 0 Å². The summed E-state index contributed by atoms with van der Waals surface area (Å²) in [5, 5.41) is 2.03. The Balaban J connectivity index is 2.05. The molecule has 4 nitrogen and oxygen atoms in total. The average molecular weight is 390 g/mol. The fraction of sp³-hybridized carbons (Fsp3) is 0.176. The van der Waals surface area contributed by atoms with E-state index in [1.54, 1.807) is 0 Å². The molecule has 9 heteroatoms. The Labute approximate surface area is 150 Å². The number of rotatable bonds is 4. The number of anilines is 1. The van der Waals surface area contributed by atoms with Crippen LogP contribution in [0, 0.1) is 5.82 Å². The number of carbonyl (C=O) groups is 2. The van der Waals surface area contributed by atoms with Crippen molar-refractivity contribution in [1.82, 2.24) is 0 Å². The van der Waals surface area contributed by atoms with Gasteiger partial charge in [-0.2, -0.15) is 13.2 Å². The van der Waals surface area contributed by atoms with E-state index in [0.717, 1.165) is 36.4 Å². The van der Waals surface area contributed by atoms with E-state index >= 15 is 0 Å². The number of halogens is 5. The van der Waals surface area contributed by atoms with Gasteiger partial charge in [0.1, 0.15) is 5.82 Å². The van der Waals surface area contributed by atoms with Crippen LogP contribution in [0.4, 0.5) is 23.2 Å². The minimum Gasteiger partial charge on any atom is -0.449 e. The highest BCUT2D eigenvalue weighted by Gasteiger charge is 2.30. The number of benzene rings is 2. The van der Waals surface area contributed by atoms with Gasteiger partial charge in [0, 0.05) is 5.69 Å². The summed E-state index contributed by atoms with van der Waals surface area (Å²) in [5.41, 5.74) is -1.18. The summed E-state index contributed by atoms with van der Waals surface area (Å²) < 4.78 is 55.9. The number of nitrogens with one attached hydrogen (secondary N) is 1. The Kier molecular flexibility index (Phi) is 5.86. The van der Waals surface area contributed by atoms with Crippen LogP contribution in [0.15, 0.2) is 42.5 Å². The lowest BCUT2D eigenvalue weighted by Crippen LogP contribution is -2.30. The zero-order valence-electron chi connectivity index (χ0n) is 13.2. The average Bonchev–Trinajstić information content (AvgIpc) is 2.54. The molecule has 1 N–H and O–H groups in total. The number of carbonyl (C=O) groups excluding carboxylic acids is 2. The van der Waals surface area contributed by atoms with E-state index in [2.05, 4.69) is 5.32 Å². The maximum Gasteiger partial charge on any atom is 0.416 e. The molecule has 0 spiro atoms. The Bertz CT molecular complexity index is 839. The van der Waals surface area contributed by atoms with E-state index in [9.17, 15) is 27.2 Å². The number of ether oxygens (including phenoxy) is 1. The molecule has 1 amide bonds. The van der Waals surface area contributed by atoms with Crippen molar-refractivity contribution in [1.29, 1.82) is 0 Å². The van der Waals surface area contributed by atoms with Crippen LogP contribution in [-0.4, -0.2) is 18.0 Å². The van der Waals surface area contributed by atoms with Crippen LogP contribution in [0.3, 0.4) is 0 Å². The van der Waals surface area contributed by atoms with Gasteiger partial charge in [0.25, 0.3) is 5.91 Å². The van der Waals surface area contributed by atoms with Crippen molar-refractivity contribution in [3.63, 3.8) is 0 Å². The SMILES string of the molecule is C[C@@H](OC(=O)c1ccc(F)cc1Cl)C(=O)Nc1cccc(C(F)(F)F)c1. The third-order valence-corrected chi connectivity index (χ3v) is 3.57. The van der Waals surface area contributed by atoms with Crippen LogP contribution in [0.5, 0.6) is 0 Å². The predicted octanol–water partition coefficient (Wildman–Crippen LogP) is 4.68. The highest BCUT2D eigenvalue weighted by atomic mass is 35.5. The molecule has 26 heavy (non-hydrogen) atoms. The van der Waals surface area contributed by atoms with Crippen LogP contribution in [0.1, 0.15) is 22.8 Å². The van der Waals surface area contributed by atoms with Crippen LogP contribution in [0.25, 0.3) is 0 Å². The zero-order chi connectivity index (χ0) is 19.5. The molecular formula is C17H12ClF4NO3. The summed E-state index contributed by atoms with van der Waals surface area (Å²) in [4.78, 5) is 24.0. The normalized spacial score (nSPS) is 12.4. The van der Waals surface area contributed by atoms with Gasteiger partial charge in [-0.15, -0.1) is 0 Å². The second-order valence-corrected chi connectivity index (χ2v) is 5.65. The first-order valence-corrected chi connectivity index (χ1v) is 7.60. The third kappa shape index (κ3) is 4.95. The molecule has 0 fully saturated rings. The number of esters is 1. The Morgan fingerprint density at radius 3 is 2.46 bits per heavy atom. The van der Waals surface area contributed by atoms with E-state index in [0.29, 0.717) is 0 Å². The van der Waals surface area contributed by atoms with Gasteiger partial charge in [-0.25, -0.2) is 9.18 Å². The summed E-state index contributed by atoms with van der Waals surface area (Å²) in [6, 6.07) is 7.00.